The number of carbonyl (C=O) groups excluding carboxylic acids is 1. The number of benzene rings is 1. The summed E-state index contributed by atoms with van der Waals surface area (Å²) in [7, 11) is 0. The Morgan fingerprint density at radius 3 is 2.56 bits per heavy atom. The average Bonchev–Trinajstić information content (AvgIpc) is 2.82. The highest BCUT2D eigenvalue weighted by molar-refractivity contribution is 5.98. The van der Waals surface area contributed by atoms with Crippen molar-refractivity contribution in [2.45, 2.75) is 77.8 Å². The molecule has 0 radical (unpaired) electrons. The second-order valence-electron chi connectivity index (χ2n) is 8.47. The molecule has 0 atom stereocenters. The molecule has 0 saturated heterocycles. The number of fused-ring (bicyclic) bond motifs is 1. The molecule has 3 N–H and O–H groups in total. The number of allylic oxidation sites excluding steroid dienone is 1. The van der Waals surface area contributed by atoms with E-state index in [0.29, 0.717) is 12.3 Å². The van der Waals surface area contributed by atoms with Crippen LogP contribution >= 0.6 is 0 Å². The molecular formula is C22H32N2O. The Bertz CT molecular complexity index is 680. The van der Waals surface area contributed by atoms with Gasteiger partial charge >= 0.3 is 0 Å². The van der Waals surface area contributed by atoms with Crippen LogP contribution in [0.5, 0.6) is 0 Å². The van der Waals surface area contributed by atoms with E-state index in [-0.39, 0.29) is 11.5 Å². The van der Waals surface area contributed by atoms with Gasteiger partial charge in [0.05, 0.1) is 0 Å². The molecule has 0 aromatic heterocycles. The lowest BCUT2D eigenvalue weighted by Crippen LogP contribution is -2.44. The van der Waals surface area contributed by atoms with Crippen molar-refractivity contribution >= 4 is 11.5 Å². The Labute approximate surface area is 152 Å². The summed E-state index contributed by atoms with van der Waals surface area (Å²) in [6.45, 7) is 7.06. The topological polar surface area (TPSA) is 55.1 Å². The molecule has 0 bridgehead atoms. The fourth-order valence-electron chi connectivity index (χ4n) is 4.32. The Kier molecular flexibility index (Phi) is 5.33. The van der Waals surface area contributed by atoms with Gasteiger partial charge in [-0.15, -0.1) is 0 Å². The van der Waals surface area contributed by atoms with Gasteiger partial charge < -0.3 is 11.1 Å². The summed E-state index contributed by atoms with van der Waals surface area (Å²) in [6, 6.07) is 4.43. The standard InChI is InChI=1S/C22H32N2O/c1-15-10-17-13-22(2,3)24-20(19(17)11-18(15)14-23)12-21(25)16-8-6-4-5-7-9-16/h10-12,16,24H,4-9,13-14,23H2,1-3H3. The molecule has 3 nitrogen and oxygen atoms in total. The van der Waals surface area contributed by atoms with E-state index in [1.807, 2.05) is 6.08 Å². The van der Waals surface area contributed by atoms with Crippen LogP contribution in [0.4, 0.5) is 0 Å². The molecule has 0 unspecified atom stereocenters. The third kappa shape index (κ3) is 4.14. The van der Waals surface area contributed by atoms with Crippen LogP contribution in [0.15, 0.2) is 18.2 Å². The lowest BCUT2D eigenvalue weighted by Gasteiger charge is -2.36. The molecule has 1 heterocycles. The van der Waals surface area contributed by atoms with Crippen molar-refractivity contribution in [3.05, 3.63) is 40.5 Å². The number of ketones is 1. The molecule has 0 spiro atoms. The van der Waals surface area contributed by atoms with Crippen LogP contribution in [-0.2, 0) is 17.8 Å². The zero-order valence-electron chi connectivity index (χ0n) is 16.0. The molecule has 2 aliphatic rings. The number of carbonyl (C=O) groups is 1. The predicted molar refractivity (Wildman–Crippen MR) is 104 cm³/mol. The van der Waals surface area contributed by atoms with Crippen molar-refractivity contribution < 1.29 is 4.79 Å². The van der Waals surface area contributed by atoms with Crippen LogP contribution in [0.2, 0.25) is 0 Å². The summed E-state index contributed by atoms with van der Waals surface area (Å²) in [5.41, 5.74) is 11.7. The minimum atomic E-state index is -0.0424. The highest BCUT2D eigenvalue weighted by atomic mass is 16.1. The van der Waals surface area contributed by atoms with Gasteiger partial charge in [0.1, 0.15) is 0 Å². The van der Waals surface area contributed by atoms with Crippen molar-refractivity contribution in [2.75, 3.05) is 0 Å². The quantitative estimate of drug-likeness (QED) is 0.638. The summed E-state index contributed by atoms with van der Waals surface area (Å²) >= 11 is 0. The maximum atomic E-state index is 12.9. The molecular weight excluding hydrogens is 308 g/mol. The van der Waals surface area contributed by atoms with Gasteiger partial charge in [0, 0.05) is 35.3 Å². The number of rotatable bonds is 3. The van der Waals surface area contributed by atoms with E-state index in [1.54, 1.807) is 0 Å². The molecule has 1 aromatic carbocycles. The fraction of sp³-hybridized carbons (Fsp3) is 0.591. The summed E-state index contributed by atoms with van der Waals surface area (Å²) in [5.74, 6) is 0.493. The van der Waals surface area contributed by atoms with E-state index in [9.17, 15) is 4.79 Å². The third-order valence-electron chi connectivity index (χ3n) is 5.72. The summed E-state index contributed by atoms with van der Waals surface area (Å²) in [4.78, 5) is 12.9. The number of nitrogens with two attached hydrogens (primary N) is 1. The van der Waals surface area contributed by atoms with E-state index < -0.39 is 0 Å². The average molecular weight is 341 g/mol. The van der Waals surface area contributed by atoms with Gasteiger partial charge in [-0.25, -0.2) is 0 Å². The zero-order valence-corrected chi connectivity index (χ0v) is 16.0. The highest BCUT2D eigenvalue weighted by Crippen LogP contribution is 2.33. The van der Waals surface area contributed by atoms with E-state index in [2.05, 4.69) is 38.2 Å². The molecule has 1 fully saturated rings. The lowest BCUT2D eigenvalue weighted by molar-refractivity contribution is -0.118. The van der Waals surface area contributed by atoms with Gasteiger partial charge in [-0.05, 0) is 62.8 Å². The van der Waals surface area contributed by atoms with Gasteiger partial charge in [-0.2, -0.15) is 0 Å². The van der Waals surface area contributed by atoms with Crippen LogP contribution in [-0.4, -0.2) is 11.3 Å². The van der Waals surface area contributed by atoms with E-state index in [4.69, 9.17) is 5.73 Å². The van der Waals surface area contributed by atoms with Crippen LogP contribution < -0.4 is 11.1 Å². The normalized spacial score (nSPS) is 22.2. The van der Waals surface area contributed by atoms with E-state index >= 15 is 0 Å². The largest absolute Gasteiger partial charge is 0.379 e. The lowest BCUT2D eigenvalue weighted by atomic mass is 9.83. The van der Waals surface area contributed by atoms with Crippen LogP contribution in [0.1, 0.15) is 74.6 Å². The van der Waals surface area contributed by atoms with E-state index in [1.165, 1.54) is 36.8 Å². The van der Waals surface area contributed by atoms with E-state index in [0.717, 1.165) is 36.1 Å². The van der Waals surface area contributed by atoms with Crippen molar-refractivity contribution in [1.82, 2.24) is 5.32 Å². The number of aryl methyl sites for hydroxylation is 1. The number of hydrogen-bond acceptors (Lipinski definition) is 3. The molecule has 1 aliphatic heterocycles. The maximum Gasteiger partial charge on any atom is 0.160 e. The molecule has 136 valence electrons. The fourth-order valence-corrected chi connectivity index (χ4v) is 4.32. The second kappa shape index (κ2) is 7.33. The Morgan fingerprint density at radius 2 is 1.92 bits per heavy atom. The van der Waals surface area contributed by atoms with Gasteiger partial charge in [0.2, 0.25) is 0 Å². The minimum Gasteiger partial charge on any atom is -0.379 e. The SMILES string of the molecule is Cc1cc2c(cc1CN)C(=CC(=O)C1CCCCCC1)NC(C)(C)C2. The Hall–Kier alpha value is -1.61. The van der Waals surface area contributed by atoms with Gasteiger partial charge in [-0.1, -0.05) is 31.7 Å². The molecule has 3 heteroatoms. The van der Waals surface area contributed by atoms with Crippen molar-refractivity contribution in [3.8, 4) is 0 Å². The van der Waals surface area contributed by atoms with Crippen LogP contribution in [0, 0.1) is 12.8 Å². The van der Waals surface area contributed by atoms with Gasteiger partial charge in [-0.3, -0.25) is 4.79 Å². The third-order valence-corrected chi connectivity index (χ3v) is 5.72. The first kappa shape index (κ1) is 18.2. The molecule has 1 aromatic rings. The molecule has 25 heavy (non-hydrogen) atoms. The first-order valence-electron chi connectivity index (χ1n) is 9.76. The first-order chi connectivity index (χ1) is 11.9. The van der Waals surface area contributed by atoms with Gasteiger partial charge in [0.15, 0.2) is 5.78 Å². The van der Waals surface area contributed by atoms with Gasteiger partial charge in [0.25, 0.3) is 0 Å². The van der Waals surface area contributed by atoms with Crippen molar-refractivity contribution in [3.63, 3.8) is 0 Å². The smallest absolute Gasteiger partial charge is 0.160 e. The predicted octanol–water partition coefficient (Wildman–Crippen LogP) is 4.26. The minimum absolute atomic E-state index is 0.0424. The first-order valence-corrected chi connectivity index (χ1v) is 9.76. The Balaban J connectivity index is 1.96. The molecule has 3 rings (SSSR count). The monoisotopic (exact) mass is 340 g/mol. The van der Waals surface area contributed by atoms with Crippen LogP contribution in [0.3, 0.4) is 0 Å². The molecule has 0 amide bonds. The zero-order chi connectivity index (χ0) is 18.0. The number of hydrogen-bond donors (Lipinski definition) is 2. The summed E-state index contributed by atoms with van der Waals surface area (Å²) in [5, 5.41) is 3.60. The summed E-state index contributed by atoms with van der Waals surface area (Å²) in [6.07, 6.45) is 9.84. The maximum absolute atomic E-state index is 12.9. The molecule has 1 saturated carbocycles. The van der Waals surface area contributed by atoms with Crippen molar-refractivity contribution in [2.24, 2.45) is 11.7 Å². The highest BCUT2D eigenvalue weighted by Gasteiger charge is 2.29. The Morgan fingerprint density at radius 1 is 1.24 bits per heavy atom. The molecule has 1 aliphatic carbocycles. The summed E-state index contributed by atoms with van der Waals surface area (Å²) < 4.78 is 0. The number of nitrogens with one attached hydrogen (secondary N) is 1. The second-order valence-corrected chi connectivity index (χ2v) is 8.47. The van der Waals surface area contributed by atoms with Crippen molar-refractivity contribution in [1.29, 1.82) is 0 Å². The van der Waals surface area contributed by atoms with Crippen LogP contribution in [0.25, 0.3) is 5.70 Å².